The lowest BCUT2D eigenvalue weighted by Crippen LogP contribution is -2.16. The fourth-order valence-electron chi connectivity index (χ4n) is 1.28. The fraction of sp³-hybridized carbons (Fsp3) is 0.0909. The zero-order valence-electron chi connectivity index (χ0n) is 7.35. The minimum Gasteiger partial charge on any atom is -0.412 e. The number of rotatable bonds is 1. The summed E-state index contributed by atoms with van der Waals surface area (Å²) in [5.74, 6) is 0. The first-order valence-corrected chi connectivity index (χ1v) is 4.12. The van der Waals surface area contributed by atoms with Gasteiger partial charge in [-0.1, -0.05) is 30.4 Å². The monoisotopic (exact) mass is 175 g/mol. The normalized spacial score (nSPS) is 14.0. The number of allylic oxidation sites excluding steroid dienone is 2. The van der Waals surface area contributed by atoms with E-state index in [0.717, 1.165) is 6.54 Å². The first-order chi connectivity index (χ1) is 5.97. The molecule has 0 saturated carbocycles. The van der Waals surface area contributed by atoms with Crippen LogP contribution in [0.2, 0.25) is 0 Å². The Morgan fingerprint density at radius 2 is 1.77 bits per heavy atom. The third-order valence-electron chi connectivity index (χ3n) is 1.90. The molecule has 0 saturated heterocycles. The van der Waals surface area contributed by atoms with Gasteiger partial charge in [0.15, 0.2) is 0 Å². The second kappa shape index (κ2) is 4.48. The Morgan fingerprint density at radius 1 is 1.00 bits per heavy atom. The van der Waals surface area contributed by atoms with Crippen molar-refractivity contribution in [3.05, 3.63) is 54.8 Å². The van der Waals surface area contributed by atoms with Crippen molar-refractivity contribution in [2.75, 3.05) is 11.4 Å². The molecular formula is C11H13NO. The third-order valence-corrected chi connectivity index (χ3v) is 1.90. The van der Waals surface area contributed by atoms with Gasteiger partial charge < -0.3 is 10.4 Å². The predicted octanol–water partition coefficient (Wildman–Crippen LogP) is 1.75. The van der Waals surface area contributed by atoms with Crippen LogP contribution in [0.4, 0.5) is 5.69 Å². The molecule has 0 aromatic heterocycles. The standard InChI is InChI=1S/C11H11N.H2O/c1-3-7-11(8-4-1)12-9-5-2-6-10-12;/h1-9H,10H2;1H2. The van der Waals surface area contributed by atoms with E-state index in [1.807, 2.05) is 6.07 Å². The maximum atomic E-state index is 2.21. The van der Waals surface area contributed by atoms with Crippen LogP contribution in [0.15, 0.2) is 54.8 Å². The molecule has 2 rings (SSSR count). The predicted molar refractivity (Wildman–Crippen MR) is 55.7 cm³/mol. The van der Waals surface area contributed by atoms with Gasteiger partial charge in [0, 0.05) is 18.4 Å². The minimum absolute atomic E-state index is 0. The molecule has 0 radical (unpaired) electrons. The van der Waals surface area contributed by atoms with Gasteiger partial charge in [-0.05, 0) is 18.2 Å². The Labute approximate surface area is 78.1 Å². The summed E-state index contributed by atoms with van der Waals surface area (Å²) in [6.45, 7) is 0.973. The molecule has 68 valence electrons. The lowest BCUT2D eigenvalue weighted by Gasteiger charge is -2.20. The Morgan fingerprint density at radius 3 is 2.38 bits per heavy atom. The maximum Gasteiger partial charge on any atom is 0.0409 e. The molecule has 13 heavy (non-hydrogen) atoms. The van der Waals surface area contributed by atoms with E-state index in [-0.39, 0.29) is 5.48 Å². The summed E-state index contributed by atoms with van der Waals surface area (Å²) in [6, 6.07) is 10.4. The van der Waals surface area contributed by atoms with Gasteiger partial charge in [0.25, 0.3) is 0 Å². The SMILES string of the molecule is C1=CCN(c2ccccc2)C=C1.O. The first-order valence-electron chi connectivity index (χ1n) is 4.12. The van der Waals surface area contributed by atoms with Crippen LogP contribution in [-0.4, -0.2) is 12.0 Å². The molecule has 0 aliphatic carbocycles. The zero-order valence-corrected chi connectivity index (χ0v) is 7.35. The van der Waals surface area contributed by atoms with E-state index in [9.17, 15) is 0 Å². The molecule has 0 spiro atoms. The van der Waals surface area contributed by atoms with Gasteiger partial charge in [0.05, 0.1) is 0 Å². The number of hydrogen-bond donors (Lipinski definition) is 0. The molecule has 1 aromatic carbocycles. The van der Waals surface area contributed by atoms with Crippen LogP contribution in [0, 0.1) is 0 Å². The Kier molecular flexibility index (Phi) is 3.29. The molecule has 1 aliphatic rings. The van der Waals surface area contributed by atoms with Crippen LogP contribution in [0.5, 0.6) is 0 Å². The van der Waals surface area contributed by atoms with E-state index in [1.54, 1.807) is 0 Å². The van der Waals surface area contributed by atoms with Gasteiger partial charge in [0.1, 0.15) is 0 Å². The third kappa shape index (κ3) is 2.20. The van der Waals surface area contributed by atoms with Gasteiger partial charge in [-0.15, -0.1) is 0 Å². The average molecular weight is 175 g/mol. The fourth-order valence-corrected chi connectivity index (χ4v) is 1.28. The molecule has 1 aliphatic heterocycles. The summed E-state index contributed by atoms with van der Waals surface area (Å²) in [5, 5.41) is 0. The van der Waals surface area contributed by atoms with Crippen LogP contribution in [0.3, 0.4) is 0 Å². The van der Waals surface area contributed by atoms with Crippen LogP contribution >= 0.6 is 0 Å². The summed E-state index contributed by atoms with van der Waals surface area (Å²) >= 11 is 0. The van der Waals surface area contributed by atoms with Crippen LogP contribution in [0.1, 0.15) is 0 Å². The molecule has 0 unspecified atom stereocenters. The number of anilines is 1. The van der Waals surface area contributed by atoms with Gasteiger partial charge in [0.2, 0.25) is 0 Å². The minimum atomic E-state index is 0. The second-order valence-electron chi connectivity index (χ2n) is 2.76. The van der Waals surface area contributed by atoms with Gasteiger partial charge in [-0.2, -0.15) is 0 Å². The molecule has 2 heteroatoms. The van der Waals surface area contributed by atoms with Crippen molar-refractivity contribution in [2.24, 2.45) is 0 Å². The van der Waals surface area contributed by atoms with Crippen molar-refractivity contribution in [1.29, 1.82) is 0 Å². The molecule has 2 N–H and O–H groups in total. The van der Waals surface area contributed by atoms with Gasteiger partial charge in [-0.25, -0.2) is 0 Å². The molecular weight excluding hydrogens is 162 g/mol. The largest absolute Gasteiger partial charge is 0.412 e. The van der Waals surface area contributed by atoms with Crippen molar-refractivity contribution in [3.63, 3.8) is 0 Å². The highest BCUT2D eigenvalue weighted by Gasteiger charge is 2.00. The molecule has 0 fully saturated rings. The van der Waals surface area contributed by atoms with E-state index >= 15 is 0 Å². The number of nitrogens with zero attached hydrogens (tertiary/aromatic N) is 1. The van der Waals surface area contributed by atoms with E-state index in [0.29, 0.717) is 0 Å². The van der Waals surface area contributed by atoms with E-state index in [1.165, 1.54) is 5.69 Å². The Balaban J connectivity index is 0.000000845. The molecule has 0 bridgehead atoms. The van der Waals surface area contributed by atoms with Crippen LogP contribution < -0.4 is 4.90 Å². The van der Waals surface area contributed by atoms with Gasteiger partial charge in [-0.3, -0.25) is 0 Å². The van der Waals surface area contributed by atoms with Crippen molar-refractivity contribution < 1.29 is 5.48 Å². The Hall–Kier alpha value is -1.54. The first kappa shape index (κ1) is 9.55. The van der Waals surface area contributed by atoms with E-state index < -0.39 is 0 Å². The molecule has 1 aromatic rings. The quantitative estimate of drug-likeness (QED) is 0.640. The lowest BCUT2D eigenvalue weighted by atomic mass is 10.2. The average Bonchev–Trinajstić information content (AvgIpc) is 2.21. The molecule has 2 nitrogen and oxygen atoms in total. The van der Waals surface area contributed by atoms with Crippen LogP contribution in [0.25, 0.3) is 0 Å². The van der Waals surface area contributed by atoms with Gasteiger partial charge >= 0.3 is 0 Å². The summed E-state index contributed by atoms with van der Waals surface area (Å²) in [7, 11) is 0. The highest BCUT2D eigenvalue weighted by molar-refractivity contribution is 5.50. The summed E-state index contributed by atoms with van der Waals surface area (Å²) in [6.07, 6.45) is 8.36. The summed E-state index contributed by atoms with van der Waals surface area (Å²) in [4.78, 5) is 2.21. The smallest absolute Gasteiger partial charge is 0.0409 e. The highest BCUT2D eigenvalue weighted by Crippen LogP contribution is 2.14. The van der Waals surface area contributed by atoms with Crippen LogP contribution in [-0.2, 0) is 0 Å². The lowest BCUT2D eigenvalue weighted by molar-refractivity contribution is 0.824. The zero-order chi connectivity index (χ0) is 8.23. The van der Waals surface area contributed by atoms with Crippen molar-refractivity contribution in [3.8, 4) is 0 Å². The summed E-state index contributed by atoms with van der Waals surface area (Å²) in [5.41, 5.74) is 1.25. The molecule has 1 heterocycles. The second-order valence-corrected chi connectivity index (χ2v) is 2.76. The van der Waals surface area contributed by atoms with Crippen molar-refractivity contribution in [1.82, 2.24) is 0 Å². The van der Waals surface area contributed by atoms with Crippen molar-refractivity contribution >= 4 is 5.69 Å². The number of benzene rings is 1. The van der Waals surface area contributed by atoms with E-state index in [2.05, 4.69) is 53.6 Å². The number of hydrogen-bond acceptors (Lipinski definition) is 1. The highest BCUT2D eigenvalue weighted by atomic mass is 16.0. The van der Waals surface area contributed by atoms with Crippen molar-refractivity contribution in [2.45, 2.75) is 0 Å². The molecule has 0 amide bonds. The molecule has 0 atom stereocenters. The number of para-hydroxylation sites is 1. The summed E-state index contributed by atoms with van der Waals surface area (Å²) < 4.78 is 0. The van der Waals surface area contributed by atoms with E-state index in [4.69, 9.17) is 0 Å². The maximum absolute atomic E-state index is 2.21. The topological polar surface area (TPSA) is 34.7 Å². The Bertz CT molecular complexity index is 303.